The predicted molar refractivity (Wildman–Crippen MR) is 98.0 cm³/mol. The number of amides is 1. The topological polar surface area (TPSA) is 72.9 Å². The molecule has 136 valence electrons. The van der Waals surface area contributed by atoms with Gasteiger partial charge >= 0.3 is 5.97 Å². The monoisotopic (exact) mass is 373 g/mol. The molecule has 0 aliphatic carbocycles. The van der Waals surface area contributed by atoms with Crippen LogP contribution in [-0.4, -0.2) is 37.4 Å². The second kappa shape index (κ2) is 7.70. The largest absolute Gasteiger partial charge is 0.491 e. The van der Waals surface area contributed by atoms with Gasteiger partial charge in [0.2, 0.25) is 11.7 Å². The molecule has 1 aliphatic heterocycles. The molecule has 1 aromatic heterocycles. The number of para-hydroxylation sites is 2. The molecule has 2 heterocycles. The van der Waals surface area contributed by atoms with Crippen LogP contribution in [0.4, 0.5) is 5.69 Å². The maximum atomic E-state index is 12.3. The zero-order valence-corrected chi connectivity index (χ0v) is 15.4. The van der Waals surface area contributed by atoms with Gasteiger partial charge in [-0.1, -0.05) is 12.1 Å². The fraction of sp³-hybridized carbons (Fsp3) is 0.316. The first-order valence-electron chi connectivity index (χ1n) is 8.24. The molecule has 0 fully saturated rings. The standard InChI is InChI=1S/C19H19NO5S/c1-12-9-14(13(2)26-12)16(21)11-25-19(23)10-20-15-5-3-4-6-17(15)24-8-7-18(20)22/h3-6,9H,7-8,10-11H2,1-2H3. The fourth-order valence-corrected chi connectivity index (χ4v) is 3.74. The molecule has 2 aromatic rings. The number of carbonyl (C=O) groups is 3. The van der Waals surface area contributed by atoms with Crippen molar-refractivity contribution in [2.45, 2.75) is 20.3 Å². The Morgan fingerprint density at radius 2 is 2.04 bits per heavy atom. The van der Waals surface area contributed by atoms with Gasteiger partial charge in [0, 0.05) is 15.3 Å². The number of benzene rings is 1. The molecule has 6 nitrogen and oxygen atoms in total. The van der Waals surface area contributed by atoms with Gasteiger partial charge in [0.05, 0.1) is 18.7 Å². The number of esters is 1. The van der Waals surface area contributed by atoms with Crippen molar-refractivity contribution in [3.8, 4) is 5.75 Å². The summed E-state index contributed by atoms with van der Waals surface area (Å²) in [6, 6.07) is 8.83. The van der Waals surface area contributed by atoms with Crippen LogP contribution in [0.1, 0.15) is 26.5 Å². The first kappa shape index (κ1) is 18.1. The van der Waals surface area contributed by atoms with Gasteiger partial charge in [0.25, 0.3) is 0 Å². The van der Waals surface area contributed by atoms with Crippen LogP contribution in [-0.2, 0) is 14.3 Å². The van der Waals surface area contributed by atoms with Crippen LogP contribution in [0.15, 0.2) is 30.3 Å². The average molecular weight is 373 g/mol. The van der Waals surface area contributed by atoms with Gasteiger partial charge in [-0.3, -0.25) is 19.3 Å². The molecule has 26 heavy (non-hydrogen) atoms. The third-order valence-corrected chi connectivity index (χ3v) is 4.99. The van der Waals surface area contributed by atoms with Crippen LogP contribution in [0.3, 0.4) is 0 Å². The Kier molecular flexibility index (Phi) is 5.37. The number of thiophene rings is 1. The summed E-state index contributed by atoms with van der Waals surface area (Å²) >= 11 is 1.53. The molecule has 0 radical (unpaired) electrons. The van der Waals surface area contributed by atoms with Gasteiger partial charge in [-0.2, -0.15) is 0 Å². The van der Waals surface area contributed by atoms with Crippen molar-refractivity contribution in [2.75, 3.05) is 24.7 Å². The lowest BCUT2D eigenvalue weighted by molar-refractivity contribution is -0.141. The number of anilines is 1. The lowest BCUT2D eigenvalue weighted by Gasteiger charge is -2.20. The van der Waals surface area contributed by atoms with Crippen molar-refractivity contribution in [1.82, 2.24) is 0 Å². The first-order chi connectivity index (χ1) is 12.5. The Morgan fingerprint density at radius 1 is 1.27 bits per heavy atom. The zero-order valence-electron chi connectivity index (χ0n) is 14.6. The van der Waals surface area contributed by atoms with Crippen molar-refractivity contribution in [2.24, 2.45) is 0 Å². The number of aryl methyl sites for hydroxylation is 2. The van der Waals surface area contributed by atoms with Crippen molar-refractivity contribution < 1.29 is 23.9 Å². The van der Waals surface area contributed by atoms with Crippen molar-refractivity contribution in [3.05, 3.63) is 45.6 Å². The minimum Gasteiger partial charge on any atom is -0.491 e. The van der Waals surface area contributed by atoms with E-state index in [4.69, 9.17) is 9.47 Å². The highest BCUT2D eigenvalue weighted by Gasteiger charge is 2.26. The first-order valence-corrected chi connectivity index (χ1v) is 9.05. The summed E-state index contributed by atoms with van der Waals surface area (Å²) in [5.74, 6) is -0.548. The van der Waals surface area contributed by atoms with Crippen molar-refractivity contribution in [3.63, 3.8) is 0 Å². The van der Waals surface area contributed by atoms with E-state index in [0.29, 0.717) is 17.0 Å². The van der Waals surface area contributed by atoms with E-state index >= 15 is 0 Å². The Bertz CT molecular complexity index is 857. The minimum absolute atomic E-state index is 0.175. The molecule has 0 N–H and O–H groups in total. The quantitative estimate of drug-likeness (QED) is 0.595. The highest BCUT2D eigenvalue weighted by molar-refractivity contribution is 7.12. The number of carbonyl (C=O) groups excluding carboxylic acids is 3. The van der Waals surface area contributed by atoms with E-state index < -0.39 is 5.97 Å². The highest BCUT2D eigenvalue weighted by atomic mass is 32.1. The number of nitrogens with zero attached hydrogens (tertiary/aromatic N) is 1. The average Bonchev–Trinajstić information content (AvgIpc) is 2.87. The molecular weight excluding hydrogens is 354 g/mol. The molecular formula is C19H19NO5S. The molecule has 1 aromatic carbocycles. The molecule has 1 amide bonds. The Labute approximate surface area is 155 Å². The SMILES string of the molecule is Cc1cc(C(=O)COC(=O)CN2C(=O)CCOc3ccccc32)c(C)s1. The number of fused-ring (bicyclic) bond motifs is 1. The zero-order chi connectivity index (χ0) is 18.7. The number of ketones is 1. The molecule has 0 bridgehead atoms. The van der Waals surface area contributed by atoms with E-state index in [1.54, 1.807) is 30.3 Å². The van der Waals surface area contributed by atoms with Gasteiger partial charge in [-0.25, -0.2) is 0 Å². The summed E-state index contributed by atoms with van der Waals surface area (Å²) in [5.41, 5.74) is 1.10. The van der Waals surface area contributed by atoms with E-state index in [1.807, 2.05) is 13.8 Å². The molecule has 0 saturated heterocycles. The number of hydrogen-bond acceptors (Lipinski definition) is 6. The van der Waals surface area contributed by atoms with Gasteiger partial charge in [0.1, 0.15) is 12.3 Å². The highest BCUT2D eigenvalue weighted by Crippen LogP contribution is 2.30. The summed E-state index contributed by atoms with van der Waals surface area (Å²) in [5, 5.41) is 0. The minimum atomic E-state index is -0.631. The van der Waals surface area contributed by atoms with Crippen molar-refractivity contribution in [1.29, 1.82) is 0 Å². The second-order valence-electron chi connectivity index (χ2n) is 5.96. The lowest BCUT2D eigenvalue weighted by Crippen LogP contribution is -2.36. The number of rotatable bonds is 5. The fourth-order valence-electron chi connectivity index (χ4n) is 2.80. The second-order valence-corrected chi connectivity index (χ2v) is 7.42. The van der Waals surface area contributed by atoms with E-state index in [1.165, 1.54) is 16.2 Å². The van der Waals surface area contributed by atoms with Crippen LogP contribution >= 0.6 is 11.3 Å². The van der Waals surface area contributed by atoms with E-state index in [0.717, 1.165) is 9.75 Å². The molecule has 0 unspecified atom stereocenters. The summed E-state index contributed by atoms with van der Waals surface area (Å²) in [6.07, 6.45) is 0.175. The van der Waals surface area contributed by atoms with Gasteiger partial charge in [0.15, 0.2) is 6.61 Å². The van der Waals surface area contributed by atoms with Crippen molar-refractivity contribution >= 4 is 34.7 Å². The smallest absolute Gasteiger partial charge is 0.326 e. The Balaban J connectivity index is 1.65. The lowest BCUT2D eigenvalue weighted by atomic mass is 10.2. The van der Waals surface area contributed by atoms with Gasteiger partial charge < -0.3 is 9.47 Å². The number of Topliss-reactive ketones (excluding diaryl/α,β-unsaturated/α-hetero) is 1. The molecule has 0 atom stereocenters. The van der Waals surface area contributed by atoms with Crippen LogP contribution in [0.5, 0.6) is 5.75 Å². The Hall–Kier alpha value is -2.67. The molecule has 7 heteroatoms. The maximum absolute atomic E-state index is 12.3. The molecule has 3 rings (SSSR count). The van der Waals surface area contributed by atoms with Gasteiger partial charge in [-0.05, 0) is 32.0 Å². The number of hydrogen-bond donors (Lipinski definition) is 0. The Morgan fingerprint density at radius 3 is 2.77 bits per heavy atom. The predicted octanol–water partition coefficient (Wildman–Crippen LogP) is 2.91. The normalized spacial score (nSPS) is 13.6. The van der Waals surface area contributed by atoms with E-state index in [2.05, 4.69) is 0 Å². The van der Waals surface area contributed by atoms with E-state index in [9.17, 15) is 14.4 Å². The summed E-state index contributed by atoms with van der Waals surface area (Å²) in [4.78, 5) is 40.0. The third kappa shape index (κ3) is 3.94. The summed E-state index contributed by atoms with van der Waals surface area (Å²) in [7, 11) is 0. The molecule has 0 saturated carbocycles. The van der Waals surface area contributed by atoms with Crippen LogP contribution in [0.25, 0.3) is 0 Å². The van der Waals surface area contributed by atoms with E-state index in [-0.39, 0.29) is 37.9 Å². The van der Waals surface area contributed by atoms with Crippen LogP contribution in [0, 0.1) is 13.8 Å². The molecule has 0 spiro atoms. The number of ether oxygens (including phenoxy) is 2. The summed E-state index contributed by atoms with van der Waals surface area (Å²) in [6.45, 7) is 3.45. The summed E-state index contributed by atoms with van der Waals surface area (Å²) < 4.78 is 10.6. The van der Waals surface area contributed by atoms with Gasteiger partial charge in [-0.15, -0.1) is 11.3 Å². The third-order valence-electron chi connectivity index (χ3n) is 4.02. The van der Waals surface area contributed by atoms with Crippen LogP contribution in [0.2, 0.25) is 0 Å². The van der Waals surface area contributed by atoms with Crippen LogP contribution < -0.4 is 9.64 Å². The maximum Gasteiger partial charge on any atom is 0.326 e. The molecule has 1 aliphatic rings.